The number of benzene rings is 2. The maximum atomic E-state index is 14.0. The van der Waals surface area contributed by atoms with Gasteiger partial charge in [-0.1, -0.05) is 63.3 Å². The molecule has 0 saturated carbocycles. The highest BCUT2D eigenvalue weighted by molar-refractivity contribution is 5.93. The summed E-state index contributed by atoms with van der Waals surface area (Å²) in [5, 5.41) is 17.2. The minimum atomic E-state index is -1.05. The molecule has 1 unspecified atom stereocenters. The van der Waals surface area contributed by atoms with Crippen LogP contribution < -0.4 is 16.1 Å². The summed E-state index contributed by atoms with van der Waals surface area (Å²) in [6.07, 6.45) is 6.02. The first-order chi connectivity index (χ1) is 22.5. The number of phenolic OH excluding ortho intramolecular Hbond substituents is 1. The summed E-state index contributed by atoms with van der Waals surface area (Å²) in [5.74, 6) is -2.53. The Labute approximate surface area is 277 Å². The highest BCUT2D eigenvalue weighted by atomic mass is 16.5. The molecule has 2 aromatic carbocycles. The third-order valence-corrected chi connectivity index (χ3v) is 8.56. The Morgan fingerprint density at radius 2 is 1.81 bits per heavy atom. The maximum Gasteiger partial charge on any atom is 0.325 e. The summed E-state index contributed by atoms with van der Waals surface area (Å²) >= 11 is 0. The Kier molecular flexibility index (Phi) is 12.9. The van der Waals surface area contributed by atoms with Crippen molar-refractivity contribution in [3.05, 3.63) is 71.3 Å². The summed E-state index contributed by atoms with van der Waals surface area (Å²) in [6.45, 7) is 8.17. The second kappa shape index (κ2) is 17.1. The molecule has 254 valence electrons. The number of hydrazine groups is 1. The number of fused-ring (bicyclic) bond motifs is 4. The Morgan fingerprint density at radius 1 is 1.02 bits per heavy atom. The van der Waals surface area contributed by atoms with E-state index in [2.05, 4.69) is 16.1 Å². The summed E-state index contributed by atoms with van der Waals surface area (Å²) in [7, 11) is 0. The number of amides is 3. The van der Waals surface area contributed by atoms with E-state index in [4.69, 9.17) is 9.47 Å². The Balaban J connectivity index is 1.65. The van der Waals surface area contributed by atoms with Crippen LogP contribution in [0.2, 0.25) is 0 Å². The number of ether oxygens (including phenoxy) is 2. The second-order valence-corrected chi connectivity index (χ2v) is 12.6. The van der Waals surface area contributed by atoms with Crippen molar-refractivity contribution in [2.24, 2.45) is 11.8 Å². The van der Waals surface area contributed by atoms with Crippen LogP contribution in [0.4, 0.5) is 0 Å². The fourth-order valence-electron chi connectivity index (χ4n) is 5.89. The molecular formula is C36H48N4O7. The molecule has 0 aromatic heterocycles. The molecule has 4 bridgehead atoms. The van der Waals surface area contributed by atoms with Crippen molar-refractivity contribution in [1.82, 2.24) is 21.1 Å². The third kappa shape index (κ3) is 10.1. The normalized spacial score (nSPS) is 26.0. The van der Waals surface area contributed by atoms with Gasteiger partial charge in [-0.15, -0.1) is 0 Å². The van der Waals surface area contributed by atoms with Crippen LogP contribution >= 0.6 is 0 Å². The van der Waals surface area contributed by atoms with Crippen molar-refractivity contribution in [2.75, 3.05) is 13.2 Å². The minimum Gasteiger partial charge on any atom is -0.508 e. The number of esters is 1. The molecule has 1 saturated heterocycles. The molecule has 2 aliphatic rings. The number of aromatic hydroxyl groups is 1. The molecule has 47 heavy (non-hydrogen) atoms. The zero-order valence-corrected chi connectivity index (χ0v) is 27.7. The Hall–Kier alpha value is -4.22. The van der Waals surface area contributed by atoms with Crippen LogP contribution in [0, 0.1) is 11.8 Å². The van der Waals surface area contributed by atoms with Gasteiger partial charge in [0.15, 0.2) is 0 Å². The van der Waals surface area contributed by atoms with Gasteiger partial charge in [-0.3, -0.25) is 24.2 Å². The highest BCUT2D eigenvalue weighted by Gasteiger charge is 2.36. The number of hydrogen-bond donors (Lipinski definition) is 4. The first-order valence-electron chi connectivity index (χ1n) is 16.6. The lowest BCUT2D eigenvalue weighted by Gasteiger charge is -2.35. The molecule has 3 amide bonds. The van der Waals surface area contributed by atoms with Gasteiger partial charge < -0.3 is 25.2 Å². The number of hydrogen-bond acceptors (Lipinski definition) is 8. The number of phenols is 1. The first-order valence-corrected chi connectivity index (χ1v) is 16.6. The third-order valence-electron chi connectivity index (χ3n) is 8.56. The van der Waals surface area contributed by atoms with Gasteiger partial charge in [-0.2, -0.15) is 0 Å². The van der Waals surface area contributed by atoms with Crippen molar-refractivity contribution >= 4 is 29.8 Å². The minimum absolute atomic E-state index is 0.0322. The second-order valence-electron chi connectivity index (χ2n) is 12.6. The molecule has 2 heterocycles. The van der Waals surface area contributed by atoms with Gasteiger partial charge >= 0.3 is 5.97 Å². The van der Waals surface area contributed by atoms with Crippen molar-refractivity contribution in [1.29, 1.82) is 0 Å². The van der Waals surface area contributed by atoms with Crippen LogP contribution in [0.3, 0.4) is 0 Å². The van der Waals surface area contributed by atoms with Crippen LogP contribution in [0.25, 0.3) is 6.08 Å². The molecule has 2 aromatic rings. The van der Waals surface area contributed by atoms with E-state index in [1.807, 2.05) is 57.2 Å². The van der Waals surface area contributed by atoms with Crippen LogP contribution in [0.1, 0.15) is 70.1 Å². The summed E-state index contributed by atoms with van der Waals surface area (Å²) < 4.78 is 11.6. The number of nitrogens with one attached hydrogen (secondary N) is 3. The summed E-state index contributed by atoms with van der Waals surface area (Å²) in [4.78, 5) is 54.4. The Morgan fingerprint density at radius 3 is 2.55 bits per heavy atom. The van der Waals surface area contributed by atoms with E-state index in [0.29, 0.717) is 44.4 Å². The molecule has 11 nitrogen and oxygen atoms in total. The molecule has 0 spiro atoms. The van der Waals surface area contributed by atoms with Crippen LogP contribution in [-0.4, -0.2) is 71.2 Å². The average Bonchev–Trinajstić information content (AvgIpc) is 3.06. The fourth-order valence-corrected chi connectivity index (χ4v) is 5.89. The van der Waals surface area contributed by atoms with Crippen molar-refractivity contribution in [2.45, 2.75) is 90.6 Å². The lowest BCUT2D eigenvalue weighted by atomic mass is 9.96. The van der Waals surface area contributed by atoms with Crippen LogP contribution in [-0.2, 0) is 41.7 Å². The van der Waals surface area contributed by atoms with E-state index in [1.165, 1.54) is 17.1 Å². The fraction of sp³-hybridized carbons (Fsp3) is 0.500. The van der Waals surface area contributed by atoms with Crippen molar-refractivity contribution < 1.29 is 33.8 Å². The number of cyclic esters (lactones) is 1. The SMILES string of the molecule is CCO[C@@H]1CC/C=C/c2cccc(c2)COC(=O)[C@@H]2CCCN(N2)C(=O)C(Cc2cccc(O)c2)NC(=O)[C@H](C(C)C)NC(=O)[C@@H]1C. The van der Waals surface area contributed by atoms with Crippen LogP contribution in [0.5, 0.6) is 5.75 Å². The van der Waals surface area contributed by atoms with Gasteiger partial charge in [0, 0.05) is 19.6 Å². The monoisotopic (exact) mass is 648 g/mol. The highest BCUT2D eigenvalue weighted by Crippen LogP contribution is 2.19. The van der Waals surface area contributed by atoms with Gasteiger partial charge in [-0.05, 0) is 73.4 Å². The van der Waals surface area contributed by atoms with Gasteiger partial charge in [0.1, 0.15) is 30.5 Å². The standard InChI is InChI=1S/C36H48N4O7/c1-5-46-31-17-7-6-11-25-12-8-14-27(19-25)22-47-36(45)29-16-10-18-40(39-29)35(44)30(21-26-13-9-15-28(41)20-26)37-34(43)32(23(2)3)38-33(42)24(31)4/h6,8-9,11-15,19-20,23-24,29-32,39,41H,5,7,10,16-18,21-22H2,1-4H3,(H,37,43)(H,38,42)/b11-6+/t24-,29+,30?,31-,32+/m1/s1. The molecule has 4 rings (SSSR count). The number of carbonyl (C=O) groups excluding carboxylic acids is 4. The number of allylic oxidation sites excluding steroid dienone is 1. The van der Waals surface area contributed by atoms with Crippen molar-refractivity contribution in [3.63, 3.8) is 0 Å². The van der Waals surface area contributed by atoms with E-state index in [9.17, 15) is 24.3 Å². The molecule has 4 N–H and O–H groups in total. The van der Waals surface area contributed by atoms with Gasteiger partial charge in [0.25, 0.3) is 5.91 Å². The number of rotatable bonds is 5. The molecule has 5 atom stereocenters. The first kappa shape index (κ1) is 35.6. The van der Waals surface area contributed by atoms with Gasteiger partial charge in [-0.25, -0.2) is 5.43 Å². The smallest absolute Gasteiger partial charge is 0.325 e. The predicted octanol–water partition coefficient (Wildman–Crippen LogP) is 3.65. The van der Waals surface area contributed by atoms with Crippen LogP contribution in [0.15, 0.2) is 54.6 Å². The summed E-state index contributed by atoms with van der Waals surface area (Å²) in [6, 6.07) is 11.5. The lowest BCUT2D eigenvalue weighted by molar-refractivity contribution is -0.154. The zero-order valence-electron chi connectivity index (χ0n) is 27.7. The molecule has 0 radical (unpaired) electrons. The topological polar surface area (TPSA) is 146 Å². The molecular weight excluding hydrogens is 600 g/mol. The number of carbonyl (C=O) groups is 4. The van der Waals surface area contributed by atoms with E-state index < -0.39 is 41.8 Å². The van der Waals surface area contributed by atoms with E-state index in [-0.39, 0.29) is 36.7 Å². The average molecular weight is 649 g/mol. The lowest BCUT2D eigenvalue weighted by Crippen LogP contribution is -2.62. The van der Waals surface area contributed by atoms with E-state index >= 15 is 0 Å². The van der Waals surface area contributed by atoms with E-state index in [0.717, 1.165) is 11.1 Å². The molecule has 0 aliphatic carbocycles. The zero-order chi connectivity index (χ0) is 33.9. The van der Waals surface area contributed by atoms with Crippen molar-refractivity contribution in [3.8, 4) is 5.75 Å². The predicted molar refractivity (Wildman–Crippen MR) is 177 cm³/mol. The Bertz CT molecular complexity index is 1430. The maximum absolute atomic E-state index is 14.0. The quantitative estimate of drug-likeness (QED) is 0.360. The van der Waals surface area contributed by atoms with Gasteiger partial charge in [0.05, 0.1) is 12.0 Å². The summed E-state index contributed by atoms with van der Waals surface area (Å²) in [5.41, 5.74) is 5.43. The number of nitrogens with zero attached hydrogens (tertiary/aromatic N) is 1. The molecule has 2 aliphatic heterocycles. The largest absolute Gasteiger partial charge is 0.508 e. The van der Waals surface area contributed by atoms with E-state index in [1.54, 1.807) is 19.1 Å². The molecule has 11 heteroatoms. The molecule has 1 fully saturated rings. The van der Waals surface area contributed by atoms with Gasteiger partial charge in [0.2, 0.25) is 11.8 Å².